The molecule has 0 radical (unpaired) electrons. The van der Waals surface area contributed by atoms with Crippen LogP contribution in [0.3, 0.4) is 0 Å². The summed E-state index contributed by atoms with van der Waals surface area (Å²) in [6.45, 7) is 3.84. The van der Waals surface area contributed by atoms with Crippen LogP contribution in [-0.4, -0.2) is 18.2 Å². The van der Waals surface area contributed by atoms with Gasteiger partial charge in [-0.3, -0.25) is 0 Å². The Morgan fingerprint density at radius 2 is 1.95 bits per heavy atom. The van der Waals surface area contributed by atoms with E-state index < -0.39 is 18.0 Å². The van der Waals surface area contributed by atoms with Gasteiger partial charge in [-0.25, -0.2) is 4.79 Å². The summed E-state index contributed by atoms with van der Waals surface area (Å²) in [5.41, 5.74) is -1.13. The van der Waals surface area contributed by atoms with Crippen molar-refractivity contribution in [2.45, 2.75) is 31.8 Å². The third-order valence-electron chi connectivity index (χ3n) is 3.37. The molecule has 0 unspecified atom stereocenters. The van der Waals surface area contributed by atoms with E-state index in [0.717, 1.165) is 9.75 Å². The van der Waals surface area contributed by atoms with E-state index >= 15 is 0 Å². The summed E-state index contributed by atoms with van der Waals surface area (Å²) in [5, 5.41) is 3.92. The van der Waals surface area contributed by atoms with Gasteiger partial charge in [0, 0.05) is 4.88 Å². The highest BCUT2D eigenvalue weighted by Gasteiger charge is 2.54. The summed E-state index contributed by atoms with van der Waals surface area (Å²) in [4.78, 5) is 14.3. The summed E-state index contributed by atoms with van der Waals surface area (Å²) >= 11 is 3.09. The molecule has 1 aliphatic rings. The maximum Gasteiger partial charge on any atom is 0.341 e. The molecule has 6 heteroatoms. The number of carbonyl (C=O) groups is 1. The van der Waals surface area contributed by atoms with Gasteiger partial charge in [0.2, 0.25) is 0 Å². The Kier molecular flexibility index (Phi) is 4.12. The van der Waals surface area contributed by atoms with E-state index in [1.54, 1.807) is 36.5 Å². The number of esters is 1. The van der Waals surface area contributed by atoms with Crippen molar-refractivity contribution in [3.8, 4) is 0 Å². The van der Waals surface area contributed by atoms with Crippen LogP contribution in [0.15, 0.2) is 35.0 Å². The van der Waals surface area contributed by atoms with Gasteiger partial charge in [0.05, 0.1) is 11.5 Å². The first kappa shape index (κ1) is 14.7. The van der Waals surface area contributed by atoms with Gasteiger partial charge in [-0.15, -0.1) is 22.7 Å². The summed E-state index contributed by atoms with van der Waals surface area (Å²) in [7, 11) is 0. The predicted molar refractivity (Wildman–Crippen MR) is 81.3 cm³/mol. The molecule has 1 saturated heterocycles. The van der Waals surface area contributed by atoms with Gasteiger partial charge in [0.15, 0.2) is 11.9 Å². The highest BCUT2D eigenvalue weighted by Crippen LogP contribution is 2.49. The van der Waals surface area contributed by atoms with Gasteiger partial charge < -0.3 is 14.2 Å². The molecule has 2 aromatic heterocycles. The largest absolute Gasteiger partial charge is 0.464 e. The average Bonchev–Trinajstić information content (AvgIpc) is 3.19. The number of rotatable bonds is 4. The lowest BCUT2D eigenvalue weighted by atomic mass is 9.98. The van der Waals surface area contributed by atoms with Crippen LogP contribution in [0.1, 0.15) is 36.0 Å². The van der Waals surface area contributed by atoms with Crippen molar-refractivity contribution in [3.05, 3.63) is 44.8 Å². The molecule has 3 rings (SSSR count). The Labute approximate surface area is 131 Å². The van der Waals surface area contributed by atoms with Crippen LogP contribution in [-0.2, 0) is 19.0 Å². The molecule has 21 heavy (non-hydrogen) atoms. The monoisotopic (exact) mass is 324 g/mol. The lowest BCUT2D eigenvalue weighted by Crippen LogP contribution is -2.41. The van der Waals surface area contributed by atoms with Crippen molar-refractivity contribution in [1.82, 2.24) is 0 Å². The van der Waals surface area contributed by atoms with E-state index in [0.29, 0.717) is 6.61 Å². The molecule has 0 N–H and O–H groups in total. The molecular weight excluding hydrogens is 308 g/mol. The zero-order valence-electron chi connectivity index (χ0n) is 11.8. The van der Waals surface area contributed by atoms with Crippen LogP contribution in [0.2, 0.25) is 0 Å². The molecule has 4 nitrogen and oxygen atoms in total. The molecule has 112 valence electrons. The standard InChI is InChI=1S/C15H16O4S2/c1-3-17-14(16)15(2)12(10-6-4-8-20-10)18-13(19-15)11-7-5-9-21-11/h4-9,12-13H,3H2,1-2H3/t12-,13+,15+/m0/s1. The van der Waals surface area contributed by atoms with E-state index in [4.69, 9.17) is 14.2 Å². The number of ether oxygens (including phenoxy) is 3. The van der Waals surface area contributed by atoms with E-state index in [1.807, 2.05) is 35.0 Å². The van der Waals surface area contributed by atoms with Crippen LogP contribution in [0.4, 0.5) is 0 Å². The van der Waals surface area contributed by atoms with Gasteiger partial charge in [0.25, 0.3) is 0 Å². The highest BCUT2D eigenvalue weighted by atomic mass is 32.1. The van der Waals surface area contributed by atoms with Crippen LogP contribution in [0.5, 0.6) is 0 Å². The second-order valence-electron chi connectivity index (χ2n) is 4.82. The molecule has 0 aromatic carbocycles. The van der Waals surface area contributed by atoms with Gasteiger partial charge in [-0.05, 0) is 36.7 Å². The minimum atomic E-state index is -1.13. The maximum atomic E-state index is 12.4. The van der Waals surface area contributed by atoms with Crippen molar-refractivity contribution in [2.75, 3.05) is 6.61 Å². The highest BCUT2D eigenvalue weighted by molar-refractivity contribution is 7.10. The fourth-order valence-electron chi connectivity index (χ4n) is 2.32. The van der Waals surface area contributed by atoms with Crippen LogP contribution in [0.25, 0.3) is 0 Å². The zero-order valence-corrected chi connectivity index (χ0v) is 13.4. The second kappa shape index (κ2) is 5.88. The SMILES string of the molecule is CCOC(=O)[C@]1(C)O[C@H](c2cccs2)O[C@H]1c1cccs1. The van der Waals surface area contributed by atoms with E-state index in [1.165, 1.54) is 0 Å². The van der Waals surface area contributed by atoms with Crippen LogP contribution >= 0.6 is 22.7 Å². The Balaban J connectivity index is 1.93. The first-order chi connectivity index (χ1) is 10.1. The molecule has 1 aliphatic heterocycles. The smallest absolute Gasteiger partial charge is 0.341 e. The van der Waals surface area contributed by atoms with Gasteiger partial charge in [-0.2, -0.15) is 0 Å². The Bertz CT molecular complexity index is 593. The summed E-state index contributed by atoms with van der Waals surface area (Å²) in [5.74, 6) is -0.387. The molecule has 0 aliphatic carbocycles. The molecule has 2 aromatic rings. The summed E-state index contributed by atoms with van der Waals surface area (Å²) in [6, 6.07) is 7.77. The Morgan fingerprint density at radius 1 is 1.29 bits per heavy atom. The van der Waals surface area contributed by atoms with Crippen molar-refractivity contribution in [2.24, 2.45) is 0 Å². The Hall–Kier alpha value is -1.21. The van der Waals surface area contributed by atoms with Crippen LogP contribution in [0, 0.1) is 0 Å². The minimum Gasteiger partial charge on any atom is -0.464 e. The first-order valence-electron chi connectivity index (χ1n) is 6.72. The van der Waals surface area contributed by atoms with Gasteiger partial charge >= 0.3 is 5.97 Å². The molecule has 0 amide bonds. The van der Waals surface area contributed by atoms with Crippen molar-refractivity contribution < 1.29 is 19.0 Å². The minimum absolute atomic E-state index is 0.318. The van der Waals surface area contributed by atoms with Gasteiger partial charge in [0.1, 0.15) is 6.10 Å². The third kappa shape index (κ3) is 2.64. The molecule has 1 fully saturated rings. The molecule has 0 saturated carbocycles. The first-order valence-corrected chi connectivity index (χ1v) is 8.48. The van der Waals surface area contributed by atoms with E-state index in [-0.39, 0.29) is 5.97 Å². The fourth-order valence-corrected chi connectivity index (χ4v) is 3.89. The third-order valence-corrected chi connectivity index (χ3v) is 5.18. The van der Waals surface area contributed by atoms with Gasteiger partial charge in [-0.1, -0.05) is 12.1 Å². The quantitative estimate of drug-likeness (QED) is 0.800. The number of hydrogen-bond acceptors (Lipinski definition) is 6. The molecule has 0 bridgehead atoms. The second-order valence-corrected chi connectivity index (χ2v) is 6.78. The topological polar surface area (TPSA) is 44.8 Å². The Morgan fingerprint density at radius 3 is 2.52 bits per heavy atom. The summed E-state index contributed by atoms with van der Waals surface area (Å²) < 4.78 is 17.2. The lowest BCUT2D eigenvalue weighted by Gasteiger charge is -2.25. The molecular formula is C15H16O4S2. The number of carbonyl (C=O) groups excluding carboxylic acids is 1. The average molecular weight is 324 g/mol. The molecule has 3 atom stereocenters. The summed E-state index contributed by atoms with van der Waals surface area (Å²) in [6.07, 6.45) is -0.991. The van der Waals surface area contributed by atoms with Crippen molar-refractivity contribution >= 4 is 28.6 Å². The van der Waals surface area contributed by atoms with Crippen LogP contribution < -0.4 is 0 Å². The predicted octanol–water partition coefficient (Wildman–Crippen LogP) is 3.92. The fraction of sp³-hybridized carbons (Fsp3) is 0.400. The normalized spacial score (nSPS) is 28.7. The van der Waals surface area contributed by atoms with Crippen molar-refractivity contribution in [1.29, 1.82) is 0 Å². The zero-order chi connectivity index (χ0) is 14.9. The molecule has 0 spiro atoms. The number of thiophene rings is 2. The lowest BCUT2D eigenvalue weighted by molar-refractivity contribution is -0.170. The van der Waals surface area contributed by atoms with E-state index in [9.17, 15) is 4.79 Å². The molecule has 3 heterocycles. The van der Waals surface area contributed by atoms with E-state index in [2.05, 4.69) is 0 Å². The number of hydrogen-bond donors (Lipinski definition) is 0. The maximum absolute atomic E-state index is 12.4. The van der Waals surface area contributed by atoms with Crippen molar-refractivity contribution in [3.63, 3.8) is 0 Å².